The van der Waals surface area contributed by atoms with Crippen LogP contribution in [-0.2, 0) is 16.1 Å². The summed E-state index contributed by atoms with van der Waals surface area (Å²) in [4.78, 5) is 29.4. The minimum Gasteiger partial charge on any atom is -0.326 e. The second kappa shape index (κ2) is 9.65. The zero-order valence-electron chi connectivity index (χ0n) is 18.9. The van der Waals surface area contributed by atoms with Crippen LogP contribution in [0.4, 0.5) is 11.4 Å². The number of thiophene rings is 1. The number of rotatable bonds is 6. The number of aromatic nitrogens is 2. The second-order valence-corrected chi connectivity index (χ2v) is 9.57. The predicted octanol–water partition coefficient (Wildman–Crippen LogP) is 5.42. The van der Waals surface area contributed by atoms with Crippen molar-refractivity contribution in [2.24, 2.45) is 5.92 Å². The molecule has 34 heavy (non-hydrogen) atoms. The Morgan fingerprint density at radius 3 is 2.56 bits per heavy atom. The molecular formula is C27H26N4O2S. The minimum atomic E-state index is -0.346. The molecule has 0 bridgehead atoms. The fourth-order valence-corrected chi connectivity index (χ4v) is 5.35. The Balaban J connectivity index is 1.38. The third-order valence-corrected chi connectivity index (χ3v) is 7.15. The maximum atomic E-state index is 13.5. The molecule has 2 aromatic carbocycles. The first-order valence-electron chi connectivity index (χ1n) is 11.4. The maximum absolute atomic E-state index is 13.5. The van der Waals surface area contributed by atoms with Crippen molar-refractivity contribution in [2.75, 3.05) is 10.2 Å². The van der Waals surface area contributed by atoms with Crippen molar-refractivity contribution in [1.82, 2.24) is 9.78 Å². The van der Waals surface area contributed by atoms with Gasteiger partial charge in [0.2, 0.25) is 11.8 Å². The van der Waals surface area contributed by atoms with E-state index in [0.717, 1.165) is 27.4 Å². The molecule has 1 aliphatic rings. The summed E-state index contributed by atoms with van der Waals surface area (Å²) in [5, 5.41) is 9.32. The Labute approximate surface area is 202 Å². The van der Waals surface area contributed by atoms with Crippen LogP contribution in [0.15, 0.2) is 84.5 Å². The maximum Gasteiger partial charge on any atom is 0.229 e. The molecule has 4 aromatic rings. The highest BCUT2D eigenvalue weighted by atomic mass is 32.1. The average molecular weight is 471 g/mol. The van der Waals surface area contributed by atoms with Crippen molar-refractivity contribution in [3.05, 3.63) is 101 Å². The molecule has 1 saturated heterocycles. The molecule has 172 valence electrons. The number of anilines is 2. The predicted molar refractivity (Wildman–Crippen MR) is 135 cm³/mol. The van der Waals surface area contributed by atoms with Gasteiger partial charge in [-0.15, -0.1) is 11.3 Å². The number of nitrogens with zero attached hydrogens (tertiary/aromatic N) is 3. The topological polar surface area (TPSA) is 67.2 Å². The number of aryl methyl sites for hydroxylation is 1. The molecule has 0 aliphatic carbocycles. The van der Waals surface area contributed by atoms with E-state index in [1.54, 1.807) is 17.5 Å². The zero-order valence-corrected chi connectivity index (χ0v) is 19.7. The Bertz CT molecular complexity index is 1250. The van der Waals surface area contributed by atoms with Crippen molar-refractivity contribution in [1.29, 1.82) is 0 Å². The van der Waals surface area contributed by atoms with Gasteiger partial charge >= 0.3 is 0 Å². The van der Waals surface area contributed by atoms with Crippen LogP contribution in [0.3, 0.4) is 0 Å². The summed E-state index contributed by atoms with van der Waals surface area (Å²) in [5.74, 6) is -0.362. The van der Waals surface area contributed by atoms with Gasteiger partial charge in [0.15, 0.2) is 0 Å². The van der Waals surface area contributed by atoms with E-state index in [4.69, 9.17) is 0 Å². The first-order chi connectivity index (χ1) is 16.6. The van der Waals surface area contributed by atoms with E-state index in [2.05, 4.69) is 10.4 Å². The first-order valence-corrected chi connectivity index (χ1v) is 12.3. The fraction of sp³-hybridized carbons (Fsp3) is 0.222. The Morgan fingerprint density at radius 1 is 1.09 bits per heavy atom. The number of hydrogen-bond donors (Lipinski definition) is 1. The molecule has 2 atom stereocenters. The molecule has 1 aliphatic heterocycles. The number of hydrogen-bond acceptors (Lipinski definition) is 4. The van der Waals surface area contributed by atoms with Gasteiger partial charge in [0.05, 0.1) is 18.5 Å². The van der Waals surface area contributed by atoms with E-state index >= 15 is 0 Å². The Morgan fingerprint density at radius 2 is 1.88 bits per heavy atom. The molecule has 1 fully saturated rings. The Kier molecular flexibility index (Phi) is 6.27. The molecule has 3 heterocycles. The van der Waals surface area contributed by atoms with E-state index in [9.17, 15) is 9.59 Å². The van der Waals surface area contributed by atoms with Crippen molar-refractivity contribution in [3.8, 4) is 0 Å². The SMILES string of the molecule is Cc1ccc(N2C(=O)CCC(C(=O)Nc3ccc(Cn4cccn4)cc3)C2c2cccs2)cc1. The molecule has 6 nitrogen and oxygen atoms in total. The van der Waals surface area contributed by atoms with Crippen LogP contribution in [0, 0.1) is 12.8 Å². The van der Waals surface area contributed by atoms with Gasteiger partial charge in [0, 0.05) is 35.1 Å². The van der Waals surface area contributed by atoms with Gasteiger partial charge < -0.3 is 10.2 Å². The van der Waals surface area contributed by atoms with E-state index in [0.29, 0.717) is 19.4 Å². The number of amides is 2. The second-order valence-electron chi connectivity index (χ2n) is 8.59. The quantitative estimate of drug-likeness (QED) is 0.409. The molecule has 0 radical (unpaired) electrons. The molecule has 0 saturated carbocycles. The van der Waals surface area contributed by atoms with Gasteiger partial charge in [-0.1, -0.05) is 35.9 Å². The zero-order chi connectivity index (χ0) is 23.5. The average Bonchev–Trinajstić information content (AvgIpc) is 3.55. The monoisotopic (exact) mass is 470 g/mol. The smallest absolute Gasteiger partial charge is 0.229 e. The number of piperidine rings is 1. The summed E-state index contributed by atoms with van der Waals surface area (Å²) in [5.41, 5.74) is 3.81. The highest BCUT2D eigenvalue weighted by Crippen LogP contribution is 2.42. The summed E-state index contributed by atoms with van der Waals surface area (Å²) < 4.78 is 1.86. The third kappa shape index (κ3) is 4.65. The van der Waals surface area contributed by atoms with Crippen molar-refractivity contribution in [2.45, 2.75) is 32.4 Å². The Hall–Kier alpha value is -3.71. The molecule has 2 unspecified atom stereocenters. The lowest BCUT2D eigenvalue weighted by Gasteiger charge is -2.40. The van der Waals surface area contributed by atoms with Gasteiger partial charge in [-0.2, -0.15) is 5.10 Å². The fourth-order valence-electron chi connectivity index (χ4n) is 4.47. The highest BCUT2D eigenvalue weighted by molar-refractivity contribution is 7.10. The summed E-state index contributed by atoms with van der Waals surface area (Å²) in [6, 6.07) is 21.3. The molecule has 1 N–H and O–H groups in total. The number of benzene rings is 2. The van der Waals surface area contributed by atoms with Gasteiger partial charge in [-0.3, -0.25) is 14.3 Å². The van der Waals surface area contributed by atoms with Gasteiger partial charge in [0.1, 0.15) is 0 Å². The summed E-state index contributed by atoms with van der Waals surface area (Å²) in [6.07, 6.45) is 4.54. The molecule has 5 rings (SSSR count). The van der Waals surface area contributed by atoms with Gasteiger partial charge in [-0.25, -0.2) is 0 Å². The minimum absolute atomic E-state index is 0.0503. The lowest BCUT2D eigenvalue weighted by atomic mass is 9.86. The molecule has 2 amide bonds. The molecule has 2 aromatic heterocycles. The number of nitrogens with one attached hydrogen (secondary N) is 1. The van der Waals surface area contributed by atoms with E-state index < -0.39 is 0 Å². The van der Waals surface area contributed by atoms with Crippen LogP contribution in [0.1, 0.15) is 34.9 Å². The van der Waals surface area contributed by atoms with Crippen molar-refractivity contribution >= 4 is 34.5 Å². The van der Waals surface area contributed by atoms with Crippen molar-refractivity contribution < 1.29 is 9.59 Å². The molecular weight excluding hydrogens is 444 g/mol. The summed E-state index contributed by atoms with van der Waals surface area (Å²) in [7, 11) is 0. The third-order valence-electron chi connectivity index (χ3n) is 6.21. The highest BCUT2D eigenvalue weighted by Gasteiger charge is 2.42. The van der Waals surface area contributed by atoms with Gasteiger partial charge in [0.25, 0.3) is 0 Å². The normalized spacial score (nSPS) is 18.1. The standard InChI is InChI=1S/C27H26N4O2S/c1-19-5-11-22(12-6-19)31-25(32)14-13-23(26(31)24-4-2-17-34-24)27(33)29-21-9-7-20(8-10-21)18-30-16-3-15-28-30/h2-12,15-17,23,26H,13-14,18H2,1H3,(H,29,33). The molecule has 0 spiro atoms. The number of carbonyl (C=O) groups is 2. The lowest BCUT2D eigenvalue weighted by Crippen LogP contribution is -2.46. The lowest BCUT2D eigenvalue weighted by molar-refractivity contribution is -0.125. The van der Waals surface area contributed by atoms with E-state index in [1.807, 2.05) is 94.8 Å². The van der Waals surface area contributed by atoms with Crippen LogP contribution in [0.2, 0.25) is 0 Å². The van der Waals surface area contributed by atoms with Crippen LogP contribution in [0.25, 0.3) is 0 Å². The largest absolute Gasteiger partial charge is 0.326 e. The summed E-state index contributed by atoms with van der Waals surface area (Å²) in [6.45, 7) is 2.70. The van der Waals surface area contributed by atoms with Crippen LogP contribution in [-0.4, -0.2) is 21.6 Å². The van der Waals surface area contributed by atoms with Crippen LogP contribution >= 0.6 is 11.3 Å². The van der Waals surface area contributed by atoms with Gasteiger partial charge in [-0.05, 0) is 60.7 Å². The van der Waals surface area contributed by atoms with Crippen LogP contribution in [0.5, 0.6) is 0 Å². The van der Waals surface area contributed by atoms with Crippen molar-refractivity contribution in [3.63, 3.8) is 0 Å². The van der Waals surface area contributed by atoms with E-state index in [1.165, 1.54) is 0 Å². The summed E-state index contributed by atoms with van der Waals surface area (Å²) >= 11 is 1.58. The van der Waals surface area contributed by atoms with Crippen LogP contribution < -0.4 is 10.2 Å². The first kappa shape index (κ1) is 22.1. The molecule has 7 heteroatoms. The number of carbonyl (C=O) groups excluding carboxylic acids is 2. The van der Waals surface area contributed by atoms with E-state index in [-0.39, 0.29) is 23.8 Å².